The van der Waals surface area contributed by atoms with E-state index in [2.05, 4.69) is 4.98 Å². The zero-order chi connectivity index (χ0) is 10.3. The number of nitrogens with zero attached hydrogens (tertiary/aromatic N) is 2. The van der Waals surface area contributed by atoms with Crippen molar-refractivity contribution >= 4 is 22.5 Å². The van der Waals surface area contributed by atoms with E-state index in [-0.39, 0.29) is 5.91 Å². The predicted octanol–water partition coefficient (Wildman–Crippen LogP) is 1.97. The number of aromatic nitrogens is 1. The quantitative estimate of drug-likeness (QED) is 0.656. The molecule has 0 saturated carbocycles. The Hall–Kier alpha value is -1.90. The zero-order valence-electron chi connectivity index (χ0n) is 8.18. The highest BCUT2D eigenvalue weighted by Crippen LogP contribution is 2.28. The molecule has 0 N–H and O–H groups in total. The second kappa shape index (κ2) is 3.05. The maximum Gasteiger partial charge on any atom is 0.228 e. The van der Waals surface area contributed by atoms with Gasteiger partial charge in [-0.05, 0) is 12.1 Å². The summed E-state index contributed by atoms with van der Waals surface area (Å²) < 4.78 is 0. The maximum absolute atomic E-state index is 11.4. The van der Waals surface area contributed by atoms with E-state index in [9.17, 15) is 4.79 Å². The third-order valence-electron chi connectivity index (χ3n) is 2.75. The molecular formula is C12H10N2O. The first-order valence-corrected chi connectivity index (χ1v) is 5.00. The van der Waals surface area contributed by atoms with Crippen LogP contribution >= 0.6 is 0 Å². The molecule has 3 heteroatoms. The third kappa shape index (κ3) is 1.20. The molecule has 1 saturated heterocycles. The van der Waals surface area contributed by atoms with E-state index >= 15 is 0 Å². The van der Waals surface area contributed by atoms with Crippen molar-refractivity contribution in [2.45, 2.75) is 6.42 Å². The normalized spacial score (nSPS) is 15.5. The monoisotopic (exact) mass is 198 g/mol. The second-order valence-electron chi connectivity index (χ2n) is 3.65. The van der Waals surface area contributed by atoms with E-state index in [4.69, 9.17) is 0 Å². The van der Waals surface area contributed by atoms with Crippen molar-refractivity contribution < 1.29 is 4.79 Å². The number of carbonyl (C=O) groups excluding carboxylic acids is 1. The summed E-state index contributed by atoms with van der Waals surface area (Å²) in [4.78, 5) is 17.5. The lowest BCUT2D eigenvalue weighted by atomic mass is 10.1. The molecule has 1 aliphatic heterocycles. The molecule has 0 unspecified atom stereocenters. The standard InChI is InChI=1S/C12H10N2O/c15-11-6-8-14(11)10-5-1-3-9-4-2-7-13-12(9)10/h1-5,7H,6,8H2. The summed E-state index contributed by atoms with van der Waals surface area (Å²) in [6.07, 6.45) is 2.42. The van der Waals surface area contributed by atoms with Crippen LogP contribution in [0.2, 0.25) is 0 Å². The summed E-state index contributed by atoms with van der Waals surface area (Å²) in [5, 5.41) is 1.08. The second-order valence-corrected chi connectivity index (χ2v) is 3.65. The number of pyridine rings is 1. The van der Waals surface area contributed by atoms with E-state index in [1.165, 1.54) is 0 Å². The molecule has 15 heavy (non-hydrogen) atoms. The molecule has 1 fully saturated rings. The van der Waals surface area contributed by atoms with Gasteiger partial charge in [0.15, 0.2) is 0 Å². The Morgan fingerprint density at radius 3 is 2.80 bits per heavy atom. The Morgan fingerprint density at radius 2 is 2.07 bits per heavy atom. The fourth-order valence-corrected chi connectivity index (χ4v) is 1.88. The van der Waals surface area contributed by atoms with Gasteiger partial charge in [0.05, 0.1) is 11.2 Å². The number of benzene rings is 1. The maximum atomic E-state index is 11.4. The van der Waals surface area contributed by atoms with E-state index in [0.29, 0.717) is 6.42 Å². The van der Waals surface area contributed by atoms with Crippen LogP contribution in [0.25, 0.3) is 10.9 Å². The molecule has 3 rings (SSSR count). The van der Waals surface area contributed by atoms with Gasteiger partial charge in [0.2, 0.25) is 5.91 Å². The van der Waals surface area contributed by atoms with E-state index in [1.54, 1.807) is 11.1 Å². The Labute approximate surface area is 87.3 Å². The number of hydrogen-bond donors (Lipinski definition) is 0. The summed E-state index contributed by atoms with van der Waals surface area (Å²) in [6, 6.07) is 9.84. The first-order valence-electron chi connectivity index (χ1n) is 5.00. The van der Waals surface area contributed by atoms with Crippen LogP contribution in [-0.4, -0.2) is 17.4 Å². The predicted molar refractivity (Wildman–Crippen MR) is 58.7 cm³/mol. The van der Waals surface area contributed by atoms with Crippen molar-refractivity contribution in [3.05, 3.63) is 36.5 Å². The molecule has 1 aliphatic rings. The van der Waals surface area contributed by atoms with Crippen LogP contribution < -0.4 is 4.90 Å². The molecular weight excluding hydrogens is 188 g/mol. The highest BCUT2D eigenvalue weighted by molar-refractivity contribution is 6.05. The third-order valence-corrected chi connectivity index (χ3v) is 2.75. The van der Waals surface area contributed by atoms with Gasteiger partial charge >= 0.3 is 0 Å². The number of hydrogen-bond acceptors (Lipinski definition) is 2. The van der Waals surface area contributed by atoms with Crippen LogP contribution in [0, 0.1) is 0 Å². The average molecular weight is 198 g/mol. The molecule has 1 aromatic heterocycles. The number of carbonyl (C=O) groups is 1. The van der Waals surface area contributed by atoms with Crippen molar-refractivity contribution in [3.63, 3.8) is 0 Å². The van der Waals surface area contributed by atoms with Gasteiger partial charge in [-0.15, -0.1) is 0 Å². The van der Waals surface area contributed by atoms with E-state index in [1.807, 2.05) is 30.3 Å². The number of fused-ring (bicyclic) bond motifs is 1. The van der Waals surface area contributed by atoms with Gasteiger partial charge in [-0.2, -0.15) is 0 Å². The van der Waals surface area contributed by atoms with Crippen molar-refractivity contribution in [3.8, 4) is 0 Å². The zero-order valence-corrected chi connectivity index (χ0v) is 8.18. The van der Waals surface area contributed by atoms with Gasteiger partial charge in [0.1, 0.15) is 0 Å². The largest absolute Gasteiger partial charge is 0.310 e. The molecule has 1 aromatic carbocycles. The molecule has 1 amide bonds. The topological polar surface area (TPSA) is 33.2 Å². The van der Waals surface area contributed by atoms with Crippen LogP contribution in [0.15, 0.2) is 36.5 Å². The molecule has 0 spiro atoms. The van der Waals surface area contributed by atoms with Gasteiger partial charge in [0.25, 0.3) is 0 Å². The number of β-lactam (4-membered cyclic amide) rings is 1. The summed E-state index contributed by atoms with van der Waals surface area (Å²) in [5.41, 5.74) is 1.84. The van der Waals surface area contributed by atoms with Crippen LogP contribution in [0.1, 0.15) is 6.42 Å². The Morgan fingerprint density at radius 1 is 1.20 bits per heavy atom. The fourth-order valence-electron chi connectivity index (χ4n) is 1.88. The Balaban J connectivity index is 2.21. The summed E-state index contributed by atoms with van der Waals surface area (Å²) in [6.45, 7) is 0.814. The fraction of sp³-hybridized carbons (Fsp3) is 0.167. The van der Waals surface area contributed by atoms with Gasteiger partial charge in [0, 0.05) is 24.5 Å². The first-order chi connectivity index (χ1) is 7.36. The number of anilines is 1. The molecule has 74 valence electrons. The molecule has 0 atom stereocenters. The lowest BCUT2D eigenvalue weighted by Gasteiger charge is -2.31. The van der Waals surface area contributed by atoms with Crippen molar-refractivity contribution in [1.82, 2.24) is 4.98 Å². The van der Waals surface area contributed by atoms with Gasteiger partial charge < -0.3 is 4.90 Å². The highest BCUT2D eigenvalue weighted by Gasteiger charge is 2.26. The SMILES string of the molecule is O=C1CCN1c1cccc2cccnc12. The minimum atomic E-state index is 0.188. The van der Waals surface area contributed by atoms with E-state index in [0.717, 1.165) is 23.1 Å². The number of rotatable bonds is 1. The molecule has 0 radical (unpaired) electrons. The van der Waals surface area contributed by atoms with Gasteiger partial charge in [-0.25, -0.2) is 0 Å². The van der Waals surface area contributed by atoms with Crippen LogP contribution in [0.4, 0.5) is 5.69 Å². The summed E-state index contributed by atoms with van der Waals surface area (Å²) in [5.74, 6) is 0.188. The van der Waals surface area contributed by atoms with Gasteiger partial charge in [-0.3, -0.25) is 9.78 Å². The molecule has 2 aromatic rings. The first kappa shape index (κ1) is 8.41. The molecule has 0 bridgehead atoms. The summed E-state index contributed by atoms with van der Waals surface area (Å²) in [7, 11) is 0. The van der Waals surface area contributed by atoms with Crippen molar-refractivity contribution in [1.29, 1.82) is 0 Å². The Kier molecular flexibility index (Phi) is 1.71. The molecule has 0 aliphatic carbocycles. The van der Waals surface area contributed by atoms with Gasteiger partial charge in [-0.1, -0.05) is 18.2 Å². The highest BCUT2D eigenvalue weighted by atomic mass is 16.2. The Bertz CT molecular complexity index is 531. The van der Waals surface area contributed by atoms with Crippen LogP contribution in [-0.2, 0) is 4.79 Å². The van der Waals surface area contributed by atoms with E-state index < -0.39 is 0 Å². The lowest BCUT2D eigenvalue weighted by molar-refractivity contribution is -0.122. The smallest absolute Gasteiger partial charge is 0.228 e. The van der Waals surface area contributed by atoms with Crippen LogP contribution in [0.3, 0.4) is 0 Å². The average Bonchev–Trinajstić information content (AvgIpc) is 2.28. The minimum Gasteiger partial charge on any atom is -0.310 e. The van der Waals surface area contributed by atoms with Crippen molar-refractivity contribution in [2.75, 3.05) is 11.4 Å². The number of para-hydroxylation sites is 1. The van der Waals surface area contributed by atoms with Crippen molar-refractivity contribution in [2.24, 2.45) is 0 Å². The molecule has 3 nitrogen and oxygen atoms in total. The molecule has 2 heterocycles. The summed E-state index contributed by atoms with van der Waals surface area (Å²) >= 11 is 0. The minimum absolute atomic E-state index is 0.188. The van der Waals surface area contributed by atoms with Crippen LogP contribution in [0.5, 0.6) is 0 Å². The number of amides is 1. The lowest BCUT2D eigenvalue weighted by Crippen LogP contribution is -2.43.